The van der Waals surface area contributed by atoms with E-state index < -0.39 is 11.8 Å². The molecule has 2 aromatic carbocycles. The molecule has 0 bridgehead atoms. The maximum absolute atomic E-state index is 12.6. The number of nitrogens with one attached hydrogen (secondary N) is 2. The van der Waals surface area contributed by atoms with Crippen molar-refractivity contribution in [3.63, 3.8) is 0 Å². The van der Waals surface area contributed by atoms with E-state index in [-0.39, 0.29) is 12.2 Å². The monoisotopic (exact) mass is 458 g/mol. The fourth-order valence-electron chi connectivity index (χ4n) is 2.71. The summed E-state index contributed by atoms with van der Waals surface area (Å²) in [4.78, 5) is 25.2. The predicted octanol–water partition coefficient (Wildman–Crippen LogP) is 4.79. The van der Waals surface area contributed by atoms with Crippen LogP contribution in [-0.4, -0.2) is 32.1 Å². The van der Waals surface area contributed by atoms with Gasteiger partial charge in [-0.2, -0.15) is 0 Å². The largest absolute Gasteiger partial charge is 0.457 e. The van der Waals surface area contributed by atoms with Crippen molar-refractivity contribution in [2.45, 2.75) is 0 Å². The summed E-state index contributed by atoms with van der Waals surface area (Å²) >= 11 is 12.2. The van der Waals surface area contributed by atoms with Gasteiger partial charge in [0.05, 0.1) is 11.6 Å². The first-order valence-corrected chi connectivity index (χ1v) is 10.1. The molecular formula is C23H20Cl2N2O4. The minimum Gasteiger partial charge on any atom is -0.457 e. The summed E-state index contributed by atoms with van der Waals surface area (Å²) in [6.07, 6.45) is 1.45. The van der Waals surface area contributed by atoms with Gasteiger partial charge in [0.25, 0.3) is 11.8 Å². The molecule has 0 aliphatic heterocycles. The number of amides is 2. The van der Waals surface area contributed by atoms with Gasteiger partial charge in [0.2, 0.25) is 0 Å². The first kappa shape index (κ1) is 22.6. The van der Waals surface area contributed by atoms with Crippen molar-refractivity contribution in [2.75, 3.05) is 20.3 Å². The molecule has 0 aliphatic carbocycles. The molecule has 6 nitrogen and oxygen atoms in total. The Morgan fingerprint density at radius 1 is 1.06 bits per heavy atom. The molecule has 0 radical (unpaired) electrons. The minimum absolute atomic E-state index is 0.0352. The Morgan fingerprint density at radius 2 is 1.84 bits per heavy atom. The topological polar surface area (TPSA) is 80.6 Å². The molecule has 0 spiro atoms. The summed E-state index contributed by atoms with van der Waals surface area (Å²) < 4.78 is 10.8. The number of rotatable bonds is 8. The van der Waals surface area contributed by atoms with Gasteiger partial charge in [0, 0.05) is 35.9 Å². The second-order valence-electron chi connectivity index (χ2n) is 6.45. The van der Waals surface area contributed by atoms with Gasteiger partial charge in [-0.1, -0.05) is 41.4 Å². The second-order valence-corrected chi connectivity index (χ2v) is 7.30. The molecule has 0 saturated carbocycles. The van der Waals surface area contributed by atoms with Crippen molar-refractivity contribution in [3.8, 4) is 11.3 Å². The number of furan rings is 1. The standard InChI is InChI=1S/C23H20Cl2N2O4/c1-30-12-11-26-23(29)20(27-22(28)15-5-3-2-4-6-15)14-17-8-10-21(31-17)18-9-7-16(24)13-19(18)25/h2-10,13-14H,11-12H2,1H3,(H,26,29)(H,27,28)/b20-14-. The zero-order valence-electron chi connectivity index (χ0n) is 16.7. The summed E-state index contributed by atoms with van der Waals surface area (Å²) in [7, 11) is 1.53. The van der Waals surface area contributed by atoms with Crippen molar-refractivity contribution in [1.82, 2.24) is 10.6 Å². The first-order chi connectivity index (χ1) is 15.0. The number of hydrogen-bond acceptors (Lipinski definition) is 4. The van der Waals surface area contributed by atoms with Gasteiger partial charge in [-0.15, -0.1) is 0 Å². The summed E-state index contributed by atoms with van der Waals surface area (Å²) in [6, 6.07) is 17.1. The number of methoxy groups -OCH3 is 1. The van der Waals surface area contributed by atoms with E-state index in [1.807, 2.05) is 0 Å². The molecule has 0 atom stereocenters. The highest BCUT2D eigenvalue weighted by atomic mass is 35.5. The summed E-state index contributed by atoms with van der Waals surface area (Å²) in [5, 5.41) is 6.28. The maximum atomic E-state index is 12.6. The van der Waals surface area contributed by atoms with Gasteiger partial charge in [0.15, 0.2) is 0 Å². The Labute approximate surface area is 189 Å². The molecule has 31 heavy (non-hydrogen) atoms. The van der Waals surface area contributed by atoms with E-state index in [1.54, 1.807) is 60.7 Å². The Kier molecular flexibility index (Phi) is 7.89. The third-order valence-electron chi connectivity index (χ3n) is 4.23. The van der Waals surface area contributed by atoms with Crippen LogP contribution in [0.25, 0.3) is 17.4 Å². The van der Waals surface area contributed by atoms with E-state index in [2.05, 4.69) is 10.6 Å². The quantitative estimate of drug-likeness (QED) is 0.375. The number of hydrogen-bond donors (Lipinski definition) is 2. The Balaban J connectivity index is 1.86. The molecule has 0 fully saturated rings. The SMILES string of the molecule is COCCNC(=O)/C(=C/c1ccc(-c2ccc(Cl)cc2Cl)o1)NC(=O)c1ccccc1. The Bertz CT molecular complexity index is 1090. The zero-order valence-corrected chi connectivity index (χ0v) is 18.2. The lowest BCUT2D eigenvalue weighted by molar-refractivity contribution is -0.117. The van der Waals surface area contributed by atoms with Crippen molar-refractivity contribution >= 4 is 41.1 Å². The van der Waals surface area contributed by atoms with Crippen LogP contribution in [0.4, 0.5) is 0 Å². The van der Waals surface area contributed by atoms with E-state index in [0.717, 1.165) is 0 Å². The van der Waals surface area contributed by atoms with Crippen LogP contribution in [0.5, 0.6) is 0 Å². The summed E-state index contributed by atoms with van der Waals surface area (Å²) in [5.74, 6) is -0.0159. The molecular weight excluding hydrogens is 439 g/mol. The number of carbonyl (C=O) groups excluding carboxylic acids is 2. The number of ether oxygens (including phenoxy) is 1. The van der Waals surface area contributed by atoms with Crippen LogP contribution in [0.3, 0.4) is 0 Å². The van der Waals surface area contributed by atoms with E-state index in [0.29, 0.717) is 39.3 Å². The van der Waals surface area contributed by atoms with Crippen LogP contribution in [0, 0.1) is 0 Å². The lowest BCUT2D eigenvalue weighted by atomic mass is 10.2. The average Bonchev–Trinajstić information content (AvgIpc) is 3.22. The second kappa shape index (κ2) is 10.8. The van der Waals surface area contributed by atoms with Gasteiger partial charge in [0.1, 0.15) is 17.2 Å². The maximum Gasteiger partial charge on any atom is 0.268 e. The van der Waals surface area contributed by atoms with Gasteiger partial charge in [-0.25, -0.2) is 0 Å². The number of benzene rings is 2. The van der Waals surface area contributed by atoms with Crippen molar-refractivity contribution in [2.24, 2.45) is 0 Å². The first-order valence-electron chi connectivity index (χ1n) is 9.38. The van der Waals surface area contributed by atoms with E-state index >= 15 is 0 Å². The molecule has 0 saturated heterocycles. The zero-order chi connectivity index (χ0) is 22.2. The van der Waals surface area contributed by atoms with Crippen LogP contribution >= 0.6 is 23.2 Å². The molecule has 1 aromatic heterocycles. The molecule has 2 amide bonds. The van der Waals surface area contributed by atoms with Crippen LogP contribution < -0.4 is 10.6 Å². The molecule has 8 heteroatoms. The molecule has 0 aliphatic rings. The van der Waals surface area contributed by atoms with Gasteiger partial charge in [-0.05, 0) is 42.5 Å². The fraction of sp³-hybridized carbons (Fsp3) is 0.130. The summed E-state index contributed by atoms with van der Waals surface area (Å²) in [5.41, 5.74) is 1.12. The molecule has 0 unspecified atom stereocenters. The van der Waals surface area contributed by atoms with Crippen molar-refractivity contribution in [1.29, 1.82) is 0 Å². The molecule has 160 valence electrons. The number of halogens is 2. The van der Waals surface area contributed by atoms with Crippen LogP contribution in [0.2, 0.25) is 10.0 Å². The van der Waals surface area contributed by atoms with E-state index in [9.17, 15) is 9.59 Å². The van der Waals surface area contributed by atoms with Gasteiger partial charge in [-0.3, -0.25) is 9.59 Å². The van der Waals surface area contributed by atoms with Crippen LogP contribution in [-0.2, 0) is 9.53 Å². The highest BCUT2D eigenvalue weighted by Gasteiger charge is 2.16. The van der Waals surface area contributed by atoms with Crippen molar-refractivity contribution in [3.05, 3.63) is 87.7 Å². The summed E-state index contributed by atoms with van der Waals surface area (Å²) in [6.45, 7) is 0.628. The molecule has 2 N–H and O–H groups in total. The van der Waals surface area contributed by atoms with E-state index in [4.69, 9.17) is 32.4 Å². The predicted molar refractivity (Wildman–Crippen MR) is 121 cm³/mol. The Hall–Kier alpha value is -3.06. The van der Waals surface area contributed by atoms with Crippen LogP contribution in [0.1, 0.15) is 16.1 Å². The van der Waals surface area contributed by atoms with Gasteiger partial charge >= 0.3 is 0 Å². The third-order valence-corrected chi connectivity index (χ3v) is 4.78. The molecule has 3 aromatic rings. The highest BCUT2D eigenvalue weighted by molar-refractivity contribution is 6.36. The molecule has 1 heterocycles. The molecule has 3 rings (SSSR count). The normalized spacial score (nSPS) is 11.3. The van der Waals surface area contributed by atoms with Crippen LogP contribution in [0.15, 0.2) is 70.8 Å². The number of carbonyl (C=O) groups is 2. The Morgan fingerprint density at radius 3 is 2.55 bits per heavy atom. The average molecular weight is 459 g/mol. The lowest BCUT2D eigenvalue weighted by Crippen LogP contribution is -2.36. The highest BCUT2D eigenvalue weighted by Crippen LogP contribution is 2.31. The fourth-order valence-corrected chi connectivity index (χ4v) is 3.21. The smallest absolute Gasteiger partial charge is 0.268 e. The van der Waals surface area contributed by atoms with Gasteiger partial charge < -0.3 is 19.8 Å². The van der Waals surface area contributed by atoms with E-state index in [1.165, 1.54) is 13.2 Å². The van der Waals surface area contributed by atoms with Crippen molar-refractivity contribution < 1.29 is 18.7 Å². The third kappa shape index (κ3) is 6.21. The lowest BCUT2D eigenvalue weighted by Gasteiger charge is -2.10. The minimum atomic E-state index is -0.469.